The number of amides is 1. The molecule has 0 radical (unpaired) electrons. The molecule has 7 nitrogen and oxygen atoms in total. The fourth-order valence-electron chi connectivity index (χ4n) is 3.29. The molecule has 1 aliphatic rings. The lowest BCUT2D eigenvalue weighted by Crippen LogP contribution is -2.48. The van der Waals surface area contributed by atoms with Crippen molar-refractivity contribution in [3.8, 4) is 0 Å². The molecule has 2 aromatic carbocycles. The second kappa shape index (κ2) is 8.85. The average Bonchev–Trinajstić information content (AvgIpc) is 3.21. The quantitative estimate of drug-likeness (QED) is 0.255. The number of rotatable bonds is 5. The molecule has 0 bridgehead atoms. The number of aromatic nitrogens is 1. The molecule has 0 aliphatic carbocycles. The number of carbonyl (C=O) groups is 1. The summed E-state index contributed by atoms with van der Waals surface area (Å²) in [6.45, 7) is 2.69. The fraction of sp³-hybridized carbons (Fsp3) is 0.238. The smallest absolute Gasteiger partial charge is 0.270 e. The van der Waals surface area contributed by atoms with E-state index in [1.807, 2.05) is 0 Å². The maximum absolute atomic E-state index is 12.5. The summed E-state index contributed by atoms with van der Waals surface area (Å²) in [7, 11) is 0. The molecular weight excluding hydrogens is 420 g/mol. The van der Waals surface area contributed by atoms with Crippen molar-refractivity contribution in [1.29, 1.82) is 0 Å². The van der Waals surface area contributed by atoms with Crippen LogP contribution < -0.4 is 4.90 Å². The van der Waals surface area contributed by atoms with Crippen LogP contribution in [0.1, 0.15) is 5.56 Å². The lowest BCUT2D eigenvalue weighted by Gasteiger charge is -2.34. The van der Waals surface area contributed by atoms with Crippen molar-refractivity contribution in [2.45, 2.75) is 4.90 Å². The summed E-state index contributed by atoms with van der Waals surface area (Å²) in [6, 6.07) is 12.5. The lowest BCUT2D eigenvalue weighted by molar-refractivity contribution is -0.384. The Labute approximate surface area is 182 Å². The molecule has 1 saturated heterocycles. The van der Waals surface area contributed by atoms with E-state index in [0.717, 1.165) is 23.7 Å². The van der Waals surface area contributed by atoms with Crippen molar-refractivity contribution in [2.75, 3.05) is 37.3 Å². The monoisotopic (exact) mass is 440 g/mol. The maximum atomic E-state index is 12.5. The first-order valence-electron chi connectivity index (χ1n) is 9.44. The highest BCUT2D eigenvalue weighted by molar-refractivity contribution is 7.98. The van der Waals surface area contributed by atoms with Gasteiger partial charge in [-0.05, 0) is 36.1 Å². The SMILES string of the molecule is CSc1ccc2nc(N3CCN(C(=O)C=Cc4cccc([N+](=O)[O-])c4)CC3)sc2c1. The van der Waals surface area contributed by atoms with Gasteiger partial charge in [-0.3, -0.25) is 14.9 Å². The van der Waals surface area contributed by atoms with Crippen LogP contribution in [0.5, 0.6) is 0 Å². The van der Waals surface area contributed by atoms with Crippen molar-refractivity contribution in [1.82, 2.24) is 9.88 Å². The third-order valence-electron chi connectivity index (χ3n) is 4.95. The van der Waals surface area contributed by atoms with E-state index in [9.17, 15) is 14.9 Å². The summed E-state index contributed by atoms with van der Waals surface area (Å²) < 4.78 is 1.18. The number of piperazine rings is 1. The minimum Gasteiger partial charge on any atom is -0.345 e. The van der Waals surface area contributed by atoms with Gasteiger partial charge in [-0.1, -0.05) is 23.5 Å². The molecule has 2 heterocycles. The predicted octanol–water partition coefficient (Wildman–Crippen LogP) is 4.29. The average molecular weight is 441 g/mol. The first kappa shape index (κ1) is 20.4. The molecule has 1 fully saturated rings. The lowest BCUT2D eigenvalue weighted by atomic mass is 10.2. The molecule has 1 aliphatic heterocycles. The van der Waals surface area contributed by atoms with E-state index in [0.29, 0.717) is 18.7 Å². The molecule has 1 aromatic heterocycles. The maximum Gasteiger partial charge on any atom is 0.270 e. The van der Waals surface area contributed by atoms with Crippen molar-refractivity contribution in [3.05, 3.63) is 64.2 Å². The van der Waals surface area contributed by atoms with Crippen LogP contribution >= 0.6 is 23.1 Å². The van der Waals surface area contributed by atoms with Crippen molar-refractivity contribution >= 4 is 56.1 Å². The Kier molecular flexibility index (Phi) is 6.01. The Morgan fingerprint density at radius 3 is 2.73 bits per heavy atom. The number of nitrogens with zero attached hydrogens (tertiary/aromatic N) is 4. The number of fused-ring (bicyclic) bond motifs is 1. The zero-order valence-electron chi connectivity index (χ0n) is 16.4. The van der Waals surface area contributed by atoms with Gasteiger partial charge in [0, 0.05) is 49.3 Å². The molecule has 4 rings (SSSR count). The van der Waals surface area contributed by atoms with E-state index in [-0.39, 0.29) is 11.6 Å². The molecule has 154 valence electrons. The van der Waals surface area contributed by atoms with Crippen LogP contribution in [0.3, 0.4) is 0 Å². The largest absolute Gasteiger partial charge is 0.345 e. The fourth-order valence-corrected chi connectivity index (χ4v) is 4.86. The van der Waals surface area contributed by atoms with Gasteiger partial charge in [-0.25, -0.2) is 4.98 Å². The molecule has 0 spiro atoms. The minimum absolute atomic E-state index is 0.0127. The molecule has 9 heteroatoms. The van der Waals surface area contributed by atoms with Crippen molar-refractivity contribution < 1.29 is 9.72 Å². The van der Waals surface area contributed by atoms with Gasteiger partial charge in [0.1, 0.15) is 0 Å². The highest BCUT2D eigenvalue weighted by Crippen LogP contribution is 2.32. The van der Waals surface area contributed by atoms with Crippen LogP contribution in [-0.2, 0) is 4.79 Å². The van der Waals surface area contributed by atoms with Gasteiger partial charge in [0.2, 0.25) is 5.91 Å². The van der Waals surface area contributed by atoms with Crippen LogP contribution in [0, 0.1) is 10.1 Å². The van der Waals surface area contributed by atoms with E-state index < -0.39 is 4.92 Å². The topological polar surface area (TPSA) is 79.6 Å². The van der Waals surface area contributed by atoms with Crippen LogP contribution in [-0.4, -0.2) is 53.1 Å². The molecule has 3 aromatic rings. The van der Waals surface area contributed by atoms with Gasteiger partial charge >= 0.3 is 0 Å². The number of non-ortho nitro benzene ring substituents is 1. The Morgan fingerprint density at radius 2 is 2.00 bits per heavy atom. The number of carbonyl (C=O) groups excluding carboxylic acids is 1. The molecule has 1 amide bonds. The summed E-state index contributed by atoms with van der Waals surface area (Å²) in [5.41, 5.74) is 1.65. The standard InChI is InChI=1S/C21H20N4O3S2/c1-29-17-6-7-18-19(14-17)30-21(22-18)24-11-9-23(10-12-24)20(26)8-5-15-3-2-4-16(13-15)25(27)28/h2-8,13-14H,9-12H2,1H3. The Balaban J connectivity index is 1.37. The van der Waals surface area contributed by atoms with Crippen LogP contribution in [0.2, 0.25) is 0 Å². The molecule has 0 saturated carbocycles. The summed E-state index contributed by atoms with van der Waals surface area (Å²) in [6.07, 6.45) is 5.17. The number of anilines is 1. The van der Waals surface area contributed by atoms with E-state index in [2.05, 4.69) is 29.4 Å². The third-order valence-corrected chi connectivity index (χ3v) is 6.75. The van der Waals surface area contributed by atoms with Crippen molar-refractivity contribution in [2.24, 2.45) is 0 Å². The number of hydrogen-bond acceptors (Lipinski definition) is 7. The van der Waals surface area contributed by atoms with Gasteiger partial charge < -0.3 is 9.80 Å². The Hall–Kier alpha value is -2.91. The number of thiazole rings is 1. The molecule has 0 atom stereocenters. The highest BCUT2D eigenvalue weighted by Gasteiger charge is 2.22. The zero-order chi connectivity index (χ0) is 21.1. The number of thioether (sulfide) groups is 1. The highest BCUT2D eigenvalue weighted by atomic mass is 32.2. The first-order valence-corrected chi connectivity index (χ1v) is 11.5. The number of benzene rings is 2. The summed E-state index contributed by atoms with van der Waals surface area (Å²) in [4.78, 5) is 32.9. The molecule has 0 N–H and O–H groups in total. The van der Waals surface area contributed by atoms with Gasteiger partial charge in [0.05, 0.1) is 15.1 Å². The van der Waals surface area contributed by atoms with Gasteiger partial charge in [0.15, 0.2) is 5.13 Å². The van der Waals surface area contributed by atoms with E-state index in [4.69, 9.17) is 4.98 Å². The van der Waals surface area contributed by atoms with Crippen LogP contribution in [0.25, 0.3) is 16.3 Å². The third kappa shape index (κ3) is 4.47. The van der Waals surface area contributed by atoms with Gasteiger partial charge in [-0.15, -0.1) is 11.8 Å². The van der Waals surface area contributed by atoms with E-state index in [1.54, 1.807) is 46.2 Å². The second-order valence-electron chi connectivity index (χ2n) is 6.83. The summed E-state index contributed by atoms with van der Waals surface area (Å²) in [5, 5.41) is 11.9. The number of hydrogen-bond donors (Lipinski definition) is 0. The predicted molar refractivity (Wildman–Crippen MR) is 122 cm³/mol. The zero-order valence-corrected chi connectivity index (χ0v) is 18.0. The summed E-state index contributed by atoms with van der Waals surface area (Å²) in [5.74, 6) is -0.0879. The molecule has 0 unspecified atom stereocenters. The van der Waals surface area contributed by atoms with Crippen LogP contribution in [0.4, 0.5) is 10.8 Å². The molecular formula is C21H20N4O3S2. The molecule has 30 heavy (non-hydrogen) atoms. The van der Waals surface area contributed by atoms with Crippen molar-refractivity contribution in [3.63, 3.8) is 0 Å². The minimum atomic E-state index is -0.442. The number of nitro benzene ring substituents is 1. The Morgan fingerprint density at radius 1 is 1.20 bits per heavy atom. The summed E-state index contributed by atoms with van der Waals surface area (Å²) >= 11 is 3.40. The van der Waals surface area contributed by atoms with Gasteiger partial charge in [-0.2, -0.15) is 0 Å². The van der Waals surface area contributed by atoms with E-state index >= 15 is 0 Å². The first-order chi connectivity index (χ1) is 14.5. The van der Waals surface area contributed by atoms with Crippen LogP contribution in [0.15, 0.2) is 53.4 Å². The normalized spacial score (nSPS) is 14.6. The number of nitro groups is 1. The Bertz CT molecular complexity index is 1120. The van der Waals surface area contributed by atoms with E-state index in [1.165, 1.54) is 27.8 Å². The second-order valence-corrected chi connectivity index (χ2v) is 8.72. The van der Waals surface area contributed by atoms with Gasteiger partial charge in [0.25, 0.3) is 5.69 Å².